The van der Waals surface area contributed by atoms with Gasteiger partial charge in [0.05, 0.1) is 12.5 Å². The second-order valence-electron chi connectivity index (χ2n) is 7.15. The first-order valence-corrected chi connectivity index (χ1v) is 10.2. The lowest BCUT2D eigenvalue weighted by atomic mass is 9.92. The van der Waals surface area contributed by atoms with E-state index in [4.69, 9.17) is 4.74 Å². The zero-order valence-corrected chi connectivity index (χ0v) is 15.9. The minimum absolute atomic E-state index is 0.0793. The zero-order valence-electron chi connectivity index (χ0n) is 15.1. The van der Waals surface area contributed by atoms with E-state index in [9.17, 15) is 14.7 Å². The summed E-state index contributed by atoms with van der Waals surface area (Å²) in [6, 6.07) is 7.63. The Balaban J connectivity index is 1.48. The molecule has 1 aliphatic heterocycles. The molecule has 2 heterocycles. The maximum atomic E-state index is 12.8. The van der Waals surface area contributed by atoms with E-state index in [1.165, 1.54) is 11.3 Å². The monoisotopic (exact) mass is 386 g/mol. The van der Waals surface area contributed by atoms with Crippen molar-refractivity contribution < 1.29 is 19.4 Å². The molecule has 1 aromatic heterocycles. The molecule has 27 heavy (non-hydrogen) atoms. The first-order chi connectivity index (χ1) is 13.1. The Morgan fingerprint density at radius 1 is 1.26 bits per heavy atom. The second-order valence-corrected chi connectivity index (χ2v) is 8.01. The van der Waals surface area contributed by atoms with Crippen molar-refractivity contribution in [2.45, 2.75) is 19.8 Å². The molecule has 1 amide bonds. The van der Waals surface area contributed by atoms with Gasteiger partial charge in [0.2, 0.25) is 0 Å². The van der Waals surface area contributed by atoms with Crippen molar-refractivity contribution in [3.63, 3.8) is 0 Å². The largest absolute Gasteiger partial charge is 0.494 e. The van der Waals surface area contributed by atoms with Crippen molar-refractivity contribution in [2.75, 3.05) is 19.7 Å². The van der Waals surface area contributed by atoms with Gasteiger partial charge in [-0.3, -0.25) is 9.59 Å². The highest BCUT2D eigenvalue weighted by atomic mass is 32.1. The van der Waals surface area contributed by atoms with Crippen LogP contribution in [0, 0.1) is 17.8 Å². The Hall–Kier alpha value is -2.41. The van der Waals surface area contributed by atoms with Gasteiger partial charge in [-0.1, -0.05) is 0 Å². The number of aromatic nitrogens is 1. The molecule has 0 spiro atoms. The van der Waals surface area contributed by atoms with Crippen LogP contribution < -0.4 is 4.74 Å². The molecule has 1 aliphatic carbocycles. The molecule has 0 bridgehead atoms. The van der Waals surface area contributed by atoms with Gasteiger partial charge in [0.25, 0.3) is 5.91 Å². The maximum absolute atomic E-state index is 12.8. The molecule has 7 heteroatoms. The number of carboxylic acid groups (broad SMARTS) is 1. The summed E-state index contributed by atoms with van der Waals surface area (Å²) in [7, 11) is 0. The summed E-state index contributed by atoms with van der Waals surface area (Å²) in [6.45, 7) is 3.36. The minimum atomic E-state index is -0.796. The van der Waals surface area contributed by atoms with E-state index in [1.807, 2.05) is 31.2 Å². The Kier molecular flexibility index (Phi) is 4.86. The van der Waals surface area contributed by atoms with E-state index < -0.39 is 11.9 Å². The highest BCUT2D eigenvalue weighted by molar-refractivity contribution is 7.13. The van der Waals surface area contributed by atoms with Gasteiger partial charge in [0, 0.05) is 24.0 Å². The predicted molar refractivity (Wildman–Crippen MR) is 102 cm³/mol. The summed E-state index contributed by atoms with van der Waals surface area (Å²) in [6.07, 6.45) is 2.16. The summed E-state index contributed by atoms with van der Waals surface area (Å²) in [5.41, 5.74) is 1.33. The van der Waals surface area contributed by atoms with Crippen molar-refractivity contribution in [1.29, 1.82) is 0 Å². The molecule has 1 aromatic carbocycles. The van der Waals surface area contributed by atoms with Gasteiger partial charge in [0.15, 0.2) is 0 Å². The van der Waals surface area contributed by atoms with Gasteiger partial charge in [-0.05, 0) is 55.9 Å². The average Bonchev–Trinajstić information content (AvgIpc) is 3.21. The molecule has 2 aromatic rings. The van der Waals surface area contributed by atoms with Crippen molar-refractivity contribution in [3.05, 3.63) is 35.3 Å². The topological polar surface area (TPSA) is 79.7 Å². The molecule has 6 nitrogen and oxygen atoms in total. The van der Waals surface area contributed by atoms with E-state index in [0.29, 0.717) is 24.8 Å². The van der Waals surface area contributed by atoms with Crippen molar-refractivity contribution >= 4 is 23.2 Å². The number of thiazole rings is 1. The van der Waals surface area contributed by atoms with E-state index in [-0.39, 0.29) is 18.4 Å². The second kappa shape index (κ2) is 7.31. The molecule has 0 unspecified atom stereocenters. The third-order valence-corrected chi connectivity index (χ3v) is 6.22. The maximum Gasteiger partial charge on any atom is 0.308 e. The summed E-state index contributed by atoms with van der Waals surface area (Å²) in [4.78, 5) is 30.6. The molecule has 2 fully saturated rings. The fraction of sp³-hybridized carbons (Fsp3) is 0.450. The average molecular weight is 386 g/mol. The Morgan fingerprint density at radius 2 is 2.00 bits per heavy atom. The molecular weight excluding hydrogens is 364 g/mol. The number of amides is 1. The van der Waals surface area contributed by atoms with Crippen LogP contribution in [0.2, 0.25) is 0 Å². The van der Waals surface area contributed by atoms with Crippen molar-refractivity contribution in [2.24, 2.45) is 17.8 Å². The third-order valence-electron chi connectivity index (χ3n) is 5.33. The fourth-order valence-electron chi connectivity index (χ4n) is 3.79. The van der Waals surface area contributed by atoms with Crippen LogP contribution in [0.15, 0.2) is 29.6 Å². The summed E-state index contributed by atoms with van der Waals surface area (Å²) in [5.74, 6) is -0.0783. The zero-order chi connectivity index (χ0) is 19.0. The molecule has 1 N–H and O–H groups in total. The molecule has 142 valence electrons. The Bertz CT molecular complexity index is 844. The van der Waals surface area contributed by atoms with Crippen LogP contribution in [0.1, 0.15) is 30.3 Å². The number of hydrogen-bond acceptors (Lipinski definition) is 5. The third kappa shape index (κ3) is 3.69. The molecule has 2 aliphatic rings. The molecular formula is C20H22N2O4S. The number of rotatable bonds is 6. The minimum Gasteiger partial charge on any atom is -0.494 e. The van der Waals surface area contributed by atoms with Crippen LogP contribution in [-0.4, -0.2) is 46.6 Å². The lowest BCUT2D eigenvalue weighted by Crippen LogP contribution is -2.30. The van der Waals surface area contributed by atoms with Crippen LogP contribution in [0.25, 0.3) is 10.6 Å². The smallest absolute Gasteiger partial charge is 0.308 e. The normalized spacial score (nSPS) is 22.0. The van der Waals surface area contributed by atoms with Gasteiger partial charge in [0.1, 0.15) is 16.5 Å². The summed E-state index contributed by atoms with van der Waals surface area (Å²) >= 11 is 1.42. The van der Waals surface area contributed by atoms with Gasteiger partial charge < -0.3 is 14.7 Å². The van der Waals surface area contributed by atoms with E-state index in [0.717, 1.165) is 29.2 Å². The van der Waals surface area contributed by atoms with E-state index in [1.54, 1.807) is 10.3 Å². The number of carbonyl (C=O) groups excluding carboxylic acids is 1. The van der Waals surface area contributed by atoms with Crippen LogP contribution in [0.5, 0.6) is 5.75 Å². The van der Waals surface area contributed by atoms with Gasteiger partial charge in [-0.25, -0.2) is 4.98 Å². The predicted octanol–water partition coefficient (Wildman–Crippen LogP) is 3.39. The van der Waals surface area contributed by atoms with Crippen LogP contribution >= 0.6 is 11.3 Å². The highest BCUT2D eigenvalue weighted by Crippen LogP contribution is 2.44. The first-order valence-electron chi connectivity index (χ1n) is 9.27. The van der Waals surface area contributed by atoms with Gasteiger partial charge in [-0.15, -0.1) is 11.3 Å². The first kappa shape index (κ1) is 18.0. The molecule has 2 atom stereocenters. The number of carboxylic acids is 1. The number of benzene rings is 1. The molecule has 1 saturated carbocycles. The molecule has 4 rings (SSSR count). The standard InChI is InChI=1S/C20H22N2O4S/c1-2-26-14-7-5-13(6-8-14)18-21-17(11-27-18)19(23)22-9-15(12-3-4-12)16(10-22)20(24)25/h5-8,11-12,15-16H,2-4,9-10H2,1H3,(H,24,25)/t15-,16+/m1/s1. The van der Waals surface area contributed by atoms with Crippen molar-refractivity contribution in [3.8, 4) is 16.3 Å². The lowest BCUT2D eigenvalue weighted by Gasteiger charge is -2.14. The Morgan fingerprint density at radius 3 is 2.63 bits per heavy atom. The van der Waals surface area contributed by atoms with E-state index in [2.05, 4.69) is 4.98 Å². The number of carbonyl (C=O) groups is 2. The number of likely N-dealkylation sites (tertiary alicyclic amines) is 1. The van der Waals surface area contributed by atoms with E-state index >= 15 is 0 Å². The molecule has 0 radical (unpaired) electrons. The number of hydrogen-bond donors (Lipinski definition) is 1. The lowest BCUT2D eigenvalue weighted by molar-refractivity contribution is -0.142. The van der Waals surface area contributed by atoms with Crippen LogP contribution in [0.4, 0.5) is 0 Å². The molecule has 1 saturated heterocycles. The van der Waals surface area contributed by atoms with Gasteiger partial charge in [-0.2, -0.15) is 0 Å². The Labute approximate surface area is 161 Å². The van der Waals surface area contributed by atoms with Crippen LogP contribution in [-0.2, 0) is 4.79 Å². The highest BCUT2D eigenvalue weighted by Gasteiger charge is 2.47. The quantitative estimate of drug-likeness (QED) is 0.823. The SMILES string of the molecule is CCOc1ccc(-c2nc(C(=O)N3C[C@H](C(=O)O)[C@@H](C4CC4)C3)cs2)cc1. The fourth-order valence-corrected chi connectivity index (χ4v) is 4.59. The van der Waals surface area contributed by atoms with Gasteiger partial charge >= 0.3 is 5.97 Å². The summed E-state index contributed by atoms with van der Waals surface area (Å²) in [5, 5.41) is 12.0. The number of ether oxygens (including phenoxy) is 1. The van der Waals surface area contributed by atoms with Crippen molar-refractivity contribution in [1.82, 2.24) is 9.88 Å². The van der Waals surface area contributed by atoms with Crippen LogP contribution in [0.3, 0.4) is 0 Å². The number of nitrogens with zero attached hydrogens (tertiary/aromatic N) is 2. The number of aliphatic carboxylic acids is 1. The summed E-state index contributed by atoms with van der Waals surface area (Å²) < 4.78 is 5.45.